The molecule has 1 fully saturated rings. The monoisotopic (exact) mass is 697 g/mol. The third kappa shape index (κ3) is 9.12. The van der Waals surface area contributed by atoms with Gasteiger partial charge in [0.25, 0.3) is 5.91 Å². The molecule has 0 aliphatic carbocycles. The SMILES string of the molecule is COc1ccc(/C=C/C(=O)NCc2ccccc2)cc1Oc1nc(Nc2ccc(N3CCN(C)CC3)cc2)ncc1C(=O)Nc1c(C)cccc1C. The maximum Gasteiger partial charge on any atom is 0.262 e. The van der Waals surface area contributed by atoms with Gasteiger partial charge in [-0.25, -0.2) is 4.98 Å². The Bertz CT molecular complexity index is 2020. The molecule has 1 aromatic heterocycles. The van der Waals surface area contributed by atoms with Crippen LogP contribution in [0.3, 0.4) is 0 Å². The molecule has 5 aromatic rings. The Balaban J connectivity index is 1.25. The molecule has 1 saturated heterocycles. The molecule has 11 heteroatoms. The number of carbonyl (C=O) groups is 2. The highest BCUT2D eigenvalue weighted by atomic mass is 16.5. The molecule has 0 bridgehead atoms. The van der Waals surface area contributed by atoms with Crippen molar-refractivity contribution in [3.05, 3.63) is 131 Å². The van der Waals surface area contributed by atoms with Crippen molar-refractivity contribution in [2.75, 3.05) is 55.9 Å². The fourth-order valence-corrected chi connectivity index (χ4v) is 5.80. The van der Waals surface area contributed by atoms with Gasteiger partial charge in [0.2, 0.25) is 17.7 Å². The second kappa shape index (κ2) is 16.7. The van der Waals surface area contributed by atoms with Crippen molar-refractivity contribution in [3.63, 3.8) is 0 Å². The number of nitrogens with zero attached hydrogens (tertiary/aromatic N) is 4. The van der Waals surface area contributed by atoms with E-state index in [1.165, 1.54) is 19.4 Å². The van der Waals surface area contributed by atoms with E-state index < -0.39 is 5.91 Å². The van der Waals surface area contributed by atoms with Crippen molar-refractivity contribution < 1.29 is 19.1 Å². The van der Waals surface area contributed by atoms with Crippen LogP contribution in [0, 0.1) is 13.8 Å². The lowest BCUT2D eigenvalue weighted by Crippen LogP contribution is -2.44. The number of rotatable bonds is 12. The molecule has 1 aliphatic heterocycles. The maximum atomic E-state index is 13.8. The van der Waals surface area contributed by atoms with Crippen LogP contribution < -0.4 is 30.3 Å². The number of ether oxygens (including phenoxy) is 2. The number of benzene rings is 4. The number of piperazine rings is 1. The van der Waals surface area contributed by atoms with E-state index in [9.17, 15) is 9.59 Å². The van der Waals surface area contributed by atoms with Gasteiger partial charge < -0.3 is 35.2 Å². The molecule has 2 heterocycles. The second-order valence-electron chi connectivity index (χ2n) is 12.6. The fraction of sp³-hybridized carbons (Fsp3) is 0.220. The van der Waals surface area contributed by atoms with Gasteiger partial charge >= 0.3 is 0 Å². The van der Waals surface area contributed by atoms with E-state index in [-0.39, 0.29) is 23.3 Å². The zero-order valence-corrected chi connectivity index (χ0v) is 29.8. The van der Waals surface area contributed by atoms with Gasteiger partial charge in [-0.05, 0) is 85.6 Å². The predicted molar refractivity (Wildman–Crippen MR) is 206 cm³/mol. The van der Waals surface area contributed by atoms with Crippen molar-refractivity contribution in [3.8, 4) is 17.4 Å². The maximum absolute atomic E-state index is 13.8. The van der Waals surface area contributed by atoms with Crippen LogP contribution in [-0.4, -0.2) is 67.0 Å². The van der Waals surface area contributed by atoms with Gasteiger partial charge in [-0.3, -0.25) is 9.59 Å². The highest BCUT2D eigenvalue weighted by Crippen LogP contribution is 2.35. The van der Waals surface area contributed by atoms with Crippen LogP contribution in [0.5, 0.6) is 17.4 Å². The standard InChI is InChI=1S/C41H43N7O4/c1-28-9-8-10-29(2)38(28)45-39(50)34-27-43-41(44-32-15-17-33(18-16-32)48-23-21-47(3)22-24-48)46-40(34)52-36-25-30(13-19-35(36)51-4)14-20-37(49)42-26-31-11-6-5-7-12-31/h5-20,25,27H,21-24,26H2,1-4H3,(H,42,49)(H,45,50)(H,43,44,46)/b20-14+. The summed E-state index contributed by atoms with van der Waals surface area (Å²) in [5.41, 5.74) is 6.29. The molecule has 266 valence electrons. The Hall–Kier alpha value is -6.20. The molecular weight excluding hydrogens is 654 g/mol. The van der Waals surface area contributed by atoms with E-state index >= 15 is 0 Å². The third-order valence-corrected chi connectivity index (χ3v) is 8.84. The first-order valence-corrected chi connectivity index (χ1v) is 17.2. The van der Waals surface area contributed by atoms with E-state index in [1.54, 1.807) is 24.3 Å². The molecule has 52 heavy (non-hydrogen) atoms. The van der Waals surface area contributed by atoms with Crippen molar-refractivity contribution >= 4 is 40.9 Å². The van der Waals surface area contributed by atoms with Gasteiger partial charge in [-0.2, -0.15) is 4.98 Å². The first kappa shape index (κ1) is 35.6. The summed E-state index contributed by atoms with van der Waals surface area (Å²) >= 11 is 0. The summed E-state index contributed by atoms with van der Waals surface area (Å²) in [5.74, 6) is 0.318. The molecule has 11 nitrogen and oxygen atoms in total. The number of hydrogen-bond donors (Lipinski definition) is 3. The molecule has 0 atom stereocenters. The zero-order chi connectivity index (χ0) is 36.5. The van der Waals surface area contributed by atoms with Gasteiger partial charge in [0, 0.05) is 62.1 Å². The average molecular weight is 698 g/mol. The smallest absolute Gasteiger partial charge is 0.262 e. The quantitative estimate of drug-likeness (QED) is 0.119. The van der Waals surface area contributed by atoms with Crippen LogP contribution in [0.25, 0.3) is 6.08 Å². The number of aryl methyl sites for hydroxylation is 2. The Morgan fingerprint density at radius 3 is 2.31 bits per heavy atom. The highest BCUT2D eigenvalue weighted by Gasteiger charge is 2.21. The fourth-order valence-electron chi connectivity index (χ4n) is 5.80. The van der Waals surface area contributed by atoms with Crippen LogP contribution in [0.15, 0.2) is 103 Å². The van der Waals surface area contributed by atoms with Crippen molar-refractivity contribution in [2.24, 2.45) is 0 Å². The molecule has 1 aliphatic rings. The lowest BCUT2D eigenvalue weighted by Gasteiger charge is -2.34. The lowest BCUT2D eigenvalue weighted by atomic mass is 10.1. The number of nitrogens with one attached hydrogen (secondary N) is 3. The predicted octanol–water partition coefficient (Wildman–Crippen LogP) is 6.97. The number of methoxy groups -OCH3 is 1. The molecule has 2 amide bonds. The molecule has 3 N–H and O–H groups in total. The minimum absolute atomic E-state index is 0.0235. The lowest BCUT2D eigenvalue weighted by molar-refractivity contribution is -0.116. The molecule has 0 radical (unpaired) electrons. The van der Waals surface area contributed by atoms with E-state index in [0.29, 0.717) is 29.3 Å². The van der Waals surface area contributed by atoms with E-state index in [2.05, 4.69) is 54.9 Å². The number of aromatic nitrogens is 2. The number of amides is 2. The Labute approximate surface area is 304 Å². The molecule has 0 unspecified atom stereocenters. The van der Waals surface area contributed by atoms with Crippen LogP contribution in [0.4, 0.5) is 23.0 Å². The highest BCUT2D eigenvalue weighted by molar-refractivity contribution is 6.06. The number of para-hydroxylation sites is 1. The van der Waals surface area contributed by atoms with Crippen molar-refractivity contribution in [2.45, 2.75) is 20.4 Å². The number of carbonyl (C=O) groups excluding carboxylic acids is 2. The Morgan fingerprint density at radius 2 is 1.60 bits per heavy atom. The Morgan fingerprint density at radius 1 is 0.865 bits per heavy atom. The summed E-state index contributed by atoms with van der Waals surface area (Å²) < 4.78 is 12.0. The van der Waals surface area contributed by atoms with Crippen molar-refractivity contribution in [1.29, 1.82) is 0 Å². The van der Waals surface area contributed by atoms with Gasteiger partial charge in [0.05, 0.1) is 7.11 Å². The van der Waals surface area contributed by atoms with Crippen LogP contribution in [0.1, 0.15) is 32.6 Å². The molecule has 4 aromatic carbocycles. The second-order valence-corrected chi connectivity index (χ2v) is 12.6. The van der Waals surface area contributed by atoms with Gasteiger partial charge in [-0.1, -0.05) is 54.6 Å². The minimum atomic E-state index is -0.430. The van der Waals surface area contributed by atoms with Crippen LogP contribution in [-0.2, 0) is 11.3 Å². The summed E-state index contributed by atoms with van der Waals surface area (Å²) in [6.07, 6.45) is 4.58. The first-order valence-electron chi connectivity index (χ1n) is 17.2. The molecular formula is C41H43N7O4. The third-order valence-electron chi connectivity index (χ3n) is 8.84. The number of hydrogen-bond acceptors (Lipinski definition) is 9. The summed E-state index contributed by atoms with van der Waals surface area (Å²) in [7, 11) is 3.67. The van der Waals surface area contributed by atoms with Gasteiger partial charge in [0.1, 0.15) is 5.56 Å². The first-order chi connectivity index (χ1) is 25.2. The van der Waals surface area contributed by atoms with E-state index in [0.717, 1.165) is 54.2 Å². The topological polar surface area (TPSA) is 121 Å². The minimum Gasteiger partial charge on any atom is -0.493 e. The Kier molecular flexibility index (Phi) is 11.4. The van der Waals surface area contributed by atoms with Gasteiger partial charge in [0.15, 0.2) is 11.5 Å². The average Bonchev–Trinajstić information content (AvgIpc) is 3.16. The van der Waals surface area contributed by atoms with Crippen LogP contribution in [0.2, 0.25) is 0 Å². The number of likely N-dealkylation sites (N-methyl/N-ethyl adjacent to an activating group) is 1. The summed E-state index contributed by atoms with van der Waals surface area (Å²) in [6, 6.07) is 28.9. The molecule has 6 rings (SSSR count). The summed E-state index contributed by atoms with van der Waals surface area (Å²) in [5, 5.41) is 9.15. The van der Waals surface area contributed by atoms with Crippen LogP contribution >= 0.6 is 0 Å². The van der Waals surface area contributed by atoms with E-state index in [1.807, 2.05) is 74.5 Å². The summed E-state index contributed by atoms with van der Waals surface area (Å²) in [6.45, 7) is 8.27. The normalized spacial score (nSPS) is 13.1. The summed E-state index contributed by atoms with van der Waals surface area (Å²) in [4.78, 5) is 40.2. The van der Waals surface area contributed by atoms with E-state index in [4.69, 9.17) is 9.47 Å². The van der Waals surface area contributed by atoms with Gasteiger partial charge in [-0.15, -0.1) is 0 Å². The van der Waals surface area contributed by atoms with Crippen molar-refractivity contribution in [1.82, 2.24) is 20.2 Å². The largest absolute Gasteiger partial charge is 0.493 e. The molecule has 0 spiro atoms. The zero-order valence-electron chi connectivity index (χ0n) is 29.8. The molecule has 0 saturated carbocycles. The number of anilines is 4.